The molecule has 1 amide bonds. The molecule has 0 spiro atoms. The number of amides is 1. The third kappa shape index (κ3) is 4.40. The molecule has 1 heterocycles. The van der Waals surface area contributed by atoms with Crippen molar-refractivity contribution in [2.24, 2.45) is 11.7 Å². The van der Waals surface area contributed by atoms with Crippen molar-refractivity contribution >= 4 is 15.9 Å². The topological polar surface area (TPSA) is 83.7 Å². The average Bonchev–Trinajstić information content (AvgIpc) is 2.60. The number of benzene rings is 1. The maximum Gasteiger partial charge on any atom is 0.253 e. The number of sulfonamides is 1. The van der Waals surface area contributed by atoms with E-state index in [1.165, 1.54) is 16.4 Å². The molecule has 140 valence electrons. The Morgan fingerprint density at radius 2 is 1.84 bits per heavy atom. The fraction of sp³-hybridized carbons (Fsp3) is 0.611. The van der Waals surface area contributed by atoms with E-state index in [-0.39, 0.29) is 22.9 Å². The van der Waals surface area contributed by atoms with E-state index in [0.717, 1.165) is 12.8 Å². The first-order valence-corrected chi connectivity index (χ1v) is 10.2. The lowest BCUT2D eigenvalue weighted by atomic mass is 9.90. The molecule has 7 heteroatoms. The molecule has 0 aromatic heterocycles. The van der Waals surface area contributed by atoms with Crippen LogP contribution in [0, 0.1) is 5.92 Å². The summed E-state index contributed by atoms with van der Waals surface area (Å²) in [5.74, 6) is 0.322. The second kappa shape index (κ2) is 7.85. The second-order valence-corrected chi connectivity index (χ2v) is 9.13. The predicted octanol–water partition coefficient (Wildman–Crippen LogP) is 1.91. The summed E-state index contributed by atoms with van der Waals surface area (Å²) in [4.78, 5) is 14.7. The van der Waals surface area contributed by atoms with Gasteiger partial charge >= 0.3 is 0 Å². The van der Waals surface area contributed by atoms with Crippen LogP contribution in [0.25, 0.3) is 0 Å². The minimum Gasteiger partial charge on any atom is -0.339 e. The molecular weight excluding hydrogens is 338 g/mol. The van der Waals surface area contributed by atoms with Crippen molar-refractivity contribution < 1.29 is 13.2 Å². The van der Waals surface area contributed by atoms with Gasteiger partial charge in [-0.05, 0) is 57.7 Å². The number of piperidine rings is 1. The summed E-state index contributed by atoms with van der Waals surface area (Å²) in [6.45, 7) is 6.95. The highest BCUT2D eigenvalue weighted by atomic mass is 32.2. The van der Waals surface area contributed by atoms with Crippen LogP contribution in [-0.2, 0) is 10.0 Å². The molecule has 1 aliphatic rings. The molecule has 0 bridgehead atoms. The number of hydrogen-bond acceptors (Lipinski definition) is 4. The normalized spacial score (nSPS) is 18.0. The van der Waals surface area contributed by atoms with Gasteiger partial charge in [0, 0.05) is 37.8 Å². The van der Waals surface area contributed by atoms with Gasteiger partial charge in [-0.3, -0.25) is 4.79 Å². The highest BCUT2D eigenvalue weighted by Gasteiger charge is 2.27. The first-order valence-electron chi connectivity index (χ1n) is 8.77. The van der Waals surface area contributed by atoms with Crippen molar-refractivity contribution in [3.05, 3.63) is 29.8 Å². The summed E-state index contributed by atoms with van der Waals surface area (Å²) in [6.07, 6.45) is 1.77. The highest BCUT2D eigenvalue weighted by molar-refractivity contribution is 7.89. The molecule has 6 nitrogen and oxygen atoms in total. The van der Waals surface area contributed by atoms with Crippen molar-refractivity contribution in [1.82, 2.24) is 9.21 Å². The van der Waals surface area contributed by atoms with E-state index >= 15 is 0 Å². The Hall–Kier alpha value is -1.44. The van der Waals surface area contributed by atoms with Gasteiger partial charge in [0.2, 0.25) is 10.0 Å². The van der Waals surface area contributed by atoms with Crippen LogP contribution >= 0.6 is 0 Å². The van der Waals surface area contributed by atoms with Crippen LogP contribution in [-0.4, -0.2) is 55.8 Å². The SMILES string of the molecule is CC(N)C1CCN(C(=O)c2cccc(S(=O)(=O)N(C)C(C)C)c2)CC1. The first-order chi connectivity index (χ1) is 11.6. The molecule has 0 saturated carbocycles. The van der Waals surface area contributed by atoms with Crippen molar-refractivity contribution in [3.8, 4) is 0 Å². The summed E-state index contributed by atoms with van der Waals surface area (Å²) in [7, 11) is -2.05. The zero-order valence-electron chi connectivity index (χ0n) is 15.5. The van der Waals surface area contributed by atoms with E-state index in [0.29, 0.717) is 24.6 Å². The second-order valence-electron chi connectivity index (χ2n) is 7.13. The number of carbonyl (C=O) groups excluding carboxylic acids is 1. The Morgan fingerprint density at radius 1 is 1.24 bits per heavy atom. The molecule has 0 aliphatic carbocycles. The van der Waals surface area contributed by atoms with Crippen LogP contribution in [0.15, 0.2) is 29.2 Å². The molecule has 1 saturated heterocycles. The monoisotopic (exact) mass is 367 g/mol. The summed E-state index contributed by atoms with van der Waals surface area (Å²) in [6, 6.07) is 6.30. The van der Waals surface area contributed by atoms with Crippen molar-refractivity contribution in [2.75, 3.05) is 20.1 Å². The van der Waals surface area contributed by atoms with E-state index in [1.54, 1.807) is 24.1 Å². The lowest BCUT2D eigenvalue weighted by molar-refractivity contribution is 0.0680. The summed E-state index contributed by atoms with van der Waals surface area (Å²) >= 11 is 0. The van der Waals surface area contributed by atoms with Gasteiger partial charge in [0.15, 0.2) is 0 Å². The quantitative estimate of drug-likeness (QED) is 0.862. The van der Waals surface area contributed by atoms with Gasteiger partial charge in [0.25, 0.3) is 5.91 Å². The first kappa shape index (κ1) is 19.9. The molecule has 2 rings (SSSR count). The highest BCUT2D eigenvalue weighted by Crippen LogP contribution is 2.23. The summed E-state index contributed by atoms with van der Waals surface area (Å²) in [5, 5.41) is 0. The Morgan fingerprint density at radius 3 is 2.36 bits per heavy atom. The smallest absolute Gasteiger partial charge is 0.253 e. The molecule has 2 N–H and O–H groups in total. The van der Waals surface area contributed by atoms with Crippen molar-refractivity contribution in [3.63, 3.8) is 0 Å². The lowest BCUT2D eigenvalue weighted by Crippen LogP contribution is -2.42. The Labute approximate surface area is 151 Å². The molecule has 1 fully saturated rings. The van der Waals surface area contributed by atoms with Gasteiger partial charge in [-0.25, -0.2) is 8.42 Å². The standard InChI is InChI=1S/C18H29N3O3S/c1-13(2)20(4)25(23,24)17-7-5-6-16(12-17)18(22)21-10-8-15(9-11-21)14(3)19/h5-7,12-15H,8-11,19H2,1-4H3. The maximum atomic E-state index is 12.7. The zero-order chi connectivity index (χ0) is 18.8. The Bertz CT molecular complexity index is 708. The molecule has 0 radical (unpaired) electrons. The average molecular weight is 368 g/mol. The van der Waals surface area contributed by atoms with Crippen LogP contribution in [0.3, 0.4) is 0 Å². The van der Waals surface area contributed by atoms with Crippen LogP contribution in [0.2, 0.25) is 0 Å². The Balaban J connectivity index is 2.18. The van der Waals surface area contributed by atoms with Gasteiger partial charge in [-0.15, -0.1) is 0 Å². The number of hydrogen-bond donors (Lipinski definition) is 1. The van der Waals surface area contributed by atoms with Gasteiger partial charge < -0.3 is 10.6 Å². The molecular formula is C18H29N3O3S. The largest absolute Gasteiger partial charge is 0.339 e. The van der Waals surface area contributed by atoms with Crippen molar-refractivity contribution in [2.45, 2.75) is 50.6 Å². The number of nitrogens with zero attached hydrogens (tertiary/aromatic N) is 2. The Kier molecular flexibility index (Phi) is 6.24. The fourth-order valence-corrected chi connectivity index (χ4v) is 4.46. The molecule has 25 heavy (non-hydrogen) atoms. The zero-order valence-corrected chi connectivity index (χ0v) is 16.3. The van der Waals surface area contributed by atoms with E-state index in [1.807, 2.05) is 20.8 Å². The summed E-state index contributed by atoms with van der Waals surface area (Å²) < 4.78 is 26.6. The van der Waals surface area contributed by atoms with Gasteiger partial charge in [-0.1, -0.05) is 6.07 Å². The third-order valence-electron chi connectivity index (χ3n) is 5.06. The lowest BCUT2D eigenvalue weighted by Gasteiger charge is -2.33. The van der Waals surface area contributed by atoms with Crippen LogP contribution in [0.5, 0.6) is 0 Å². The molecule has 1 unspecified atom stereocenters. The molecule has 1 aliphatic heterocycles. The predicted molar refractivity (Wildman–Crippen MR) is 98.8 cm³/mol. The van der Waals surface area contributed by atoms with Gasteiger partial charge in [0.1, 0.15) is 0 Å². The third-order valence-corrected chi connectivity index (χ3v) is 7.09. The minimum atomic E-state index is -3.60. The molecule has 1 aromatic rings. The molecule has 1 aromatic carbocycles. The van der Waals surface area contributed by atoms with Gasteiger partial charge in [-0.2, -0.15) is 4.31 Å². The fourth-order valence-electron chi connectivity index (χ4n) is 3.04. The number of rotatable bonds is 5. The number of nitrogens with two attached hydrogens (primary N) is 1. The van der Waals surface area contributed by atoms with E-state index in [2.05, 4.69) is 0 Å². The van der Waals surface area contributed by atoms with Crippen LogP contribution in [0.1, 0.15) is 44.0 Å². The maximum absolute atomic E-state index is 12.7. The van der Waals surface area contributed by atoms with Gasteiger partial charge in [0.05, 0.1) is 4.90 Å². The van der Waals surface area contributed by atoms with Crippen LogP contribution < -0.4 is 5.73 Å². The minimum absolute atomic E-state index is 0.118. The van der Waals surface area contributed by atoms with Crippen molar-refractivity contribution in [1.29, 1.82) is 0 Å². The number of carbonyl (C=O) groups is 1. The van der Waals surface area contributed by atoms with E-state index in [4.69, 9.17) is 5.73 Å². The van der Waals surface area contributed by atoms with E-state index in [9.17, 15) is 13.2 Å². The van der Waals surface area contributed by atoms with Crippen LogP contribution in [0.4, 0.5) is 0 Å². The van der Waals surface area contributed by atoms with E-state index < -0.39 is 10.0 Å². The summed E-state index contributed by atoms with van der Waals surface area (Å²) in [5.41, 5.74) is 6.36. The molecule has 1 atom stereocenters. The number of likely N-dealkylation sites (tertiary alicyclic amines) is 1.